The summed E-state index contributed by atoms with van der Waals surface area (Å²) in [6.07, 6.45) is 11.1. The van der Waals surface area contributed by atoms with E-state index in [9.17, 15) is 0 Å². The van der Waals surface area contributed by atoms with Crippen molar-refractivity contribution in [1.82, 2.24) is 9.55 Å². The maximum Gasteiger partial charge on any atom is 0.146 e. The van der Waals surface area contributed by atoms with Crippen LogP contribution in [0.15, 0.2) is 49.3 Å². The molecule has 2 rings (SSSR count). The number of nitrogen functional groups attached to an aromatic ring is 2. The quantitative estimate of drug-likeness (QED) is 0.445. The average molecular weight is 255 g/mol. The summed E-state index contributed by atoms with van der Waals surface area (Å²) in [5, 5.41) is 0.877. The summed E-state index contributed by atoms with van der Waals surface area (Å²) in [5.41, 5.74) is 11.4. The summed E-state index contributed by atoms with van der Waals surface area (Å²) in [7, 11) is 0. The lowest BCUT2D eigenvalue weighted by molar-refractivity contribution is 1.13. The molecule has 0 amide bonds. The zero-order valence-corrected chi connectivity index (χ0v) is 10.8. The molecule has 2 aromatic rings. The number of aromatic nitrogens is 2. The Balaban J connectivity index is 2.70. The van der Waals surface area contributed by atoms with Crippen molar-refractivity contribution in [2.45, 2.75) is 6.92 Å². The molecule has 2 heterocycles. The van der Waals surface area contributed by atoms with Gasteiger partial charge >= 0.3 is 0 Å². The van der Waals surface area contributed by atoms with Gasteiger partial charge in [-0.2, -0.15) is 0 Å². The molecule has 0 spiro atoms. The highest BCUT2D eigenvalue weighted by atomic mass is 15.2. The number of hydrazine groups is 1. The number of nitrogens with zero attached hydrogens (tertiary/aromatic N) is 2. The third-order valence-electron chi connectivity index (χ3n) is 2.79. The van der Waals surface area contributed by atoms with E-state index >= 15 is 0 Å². The minimum atomic E-state index is 0.521. The Hall–Kier alpha value is -2.53. The van der Waals surface area contributed by atoms with Gasteiger partial charge in [0.15, 0.2) is 0 Å². The maximum atomic E-state index is 5.84. The zero-order chi connectivity index (χ0) is 13.8. The highest BCUT2D eigenvalue weighted by Gasteiger charge is 2.10. The second-order valence-corrected chi connectivity index (χ2v) is 3.98. The normalized spacial score (nSPS) is 12.2. The van der Waals surface area contributed by atoms with E-state index in [1.807, 2.05) is 42.0 Å². The lowest BCUT2D eigenvalue weighted by Gasteiger charge is -2.08. The highest BCUT2D eigenvalue weighted by molar-refractivity contribution is 5.97. The van der Waals surface area contributed by atoms with E-state index in [0.29, 0.717) is 11.4 Å². The average Bonchev–Trinajstić information content (AvgIpc) is 2.82. The van der Waals surface area contributed by atoms with Gasteiger partial charge in [-0.05, 0) is 25.1 Å². The molecule has 0 aliphatic rings. The Bertz CT molecular complexity index is 664. The van der Waals surface area contributed by atoms with E-state index in [1.165, 1.54) is 0 Å². The molecule has 0 aliphatic carbocycles. The maximum absolute atomic E-state index is 5.84. The van der Waals surface area contributed by atoms with E-state index in [-0.39, 0.29) is 0 Å². The van der Waals surface area contributed by atoms with Gasteiger partial charge in [0.2, 0.25) is 0 Å². The van der Waals surface area contributed by atoms with Gasteiger partial charge < -0.3 is 15.7 Å². The van der Waals surface area contributed by atoms with Crippen LogP contribution < -0.4 is 17.0 Å². The third kappa shape index (κ3) is 2.23. The fraction of sp³-hybridized carbons (Fsp3) is 0.0714. The number of pyridine rings is 1. The SMILES string of the molecule is C=C/C=C(\C=C/C)n1ccc2c(NN)c(N)cnc21. The number of hydrogen-bond donors (Lipinski definition) is 3. The first-order chi connectivity index (χ1) is 9.22. The summed E-state index contributed by atoms with van der Waals surface area (Å²) in [6.45, 7) is 5.68. The van der Waals surface area contributed by atoms with E-state index in [0.717, 1.165) is 16.7 Å². The Labute approximate surface area is 111 Å². The molecule has 5 heteroatoms. The molecule has 0 bridgehead atoms. The minimum Gasteiger partial charge on any atom is -0.396 e. The first kappa shape index (κ1) is 12.9. The summed E-state index contributed by atoms with van der Waals surface area (Å²) >= 11 is 0. The van der Waals surface area contributed by atoms with Crippen LogP contribution in [0.25, 0.3) is 16.7 Å². The highest BCUT2D eigenvalue weighted by Crippen LogP contribution is 2.29. The van der Waals surface area contributed by atoms with Gasteiger partial charge in [0.05, 0.1) is 17.6 Å². The van der Waals surface area contributed by atoms with Gasteiger partial charge in [-0.15, -0.1) is 0 Å². The molecule has 19 heavy (non-hydrogen) atoms. The van der Waals surface area contributed by atoms with Crippen molar-refractivity contribution < 1.29 is 0 Å². The number of anilines is 2. The predicted molar refractivity (Wildman–Crippen MR) is 81.2 cm³/mol. The summed E-state index contributed by atoms with van der Waals surface area (Å²) in [4.78, 5) is 4.37. The molecule has 0 radical (unpaired) electrons. The number of nitrogens with two attached hydrogens (primary N) is 2. The summed E-state index contributed by atoms with van der Waals surface area (Å²) in [6, 6.07) is 1.92. The van der Waals surface area contributed by atoms with Gasteiger partial charge in [-0.25, -0.2) is 4.98 Å². The van der Waals surface area contributed by atoms with Gasteiger partial charge in [0, 0.05) is 17.3 Å². The van der Waals surface area contributed by atoms with E-state index < -0.39 is 0 Å². The molecule has 5 nitrogen and oxygen atoms in total. The number of fused-ring (bicyclic) bond motifs is 1. The Morgan fingerprint density at radius 2 is 2.32 bits per heavy atom. The topological polar surface area (TPSA) is 81.9 Å². The van der Waals surface area contributed by atoms with E-state index in [2.05, 4.69) is 17.0 Å². The molecular formula is C14H17N5. The second-order valence-electron chi connectivity index (χ2n) is 3.98. The lowest BCUT2D eigenvalue weighted by Crippen LogP contribution is -2.10. The molecular weight excluding hydrogens is 238 g/mol. The molecule has 0 fully saturated rings. The summed E-state index contributed by atoms with van der Waals surface area (Å²) < 4.78 is 1.96. The standard InChI is InChI=1S/C14H17N5/c1-3-5-10(6-4-2)19-8-7-11-13(18-16)12(15)9-17-14(11)19/h3-9H,1,15-16H2,2H3,(H,17,18)/b6-4-,10-5+. The number of rotatable bonds is 4. The lowest BCUT2D eigenvalue weighted by atomic mass is 10.2. The van der Waals surface area contributed by atoms with Crippen molar-refractivity contribution in [3.05, 3.63) is 49.3 Å². The van der Waals surface area contributed by atoms with Crippen LogP contribution in [-0.4, -0.2) is 9.55 Å². The summed E-state index contributed by atoms with van der Waals surface area (Å²) in [5.74, 6) is 5.51. The van der Waals surface area contributed by atoms with Crippen LogP contribution in [0.5, 0.6) is 0 Å². The largest absolute Gasteiger partial charge is 0.396 e. The van der Waals surface area contributed by atoms with Crippen molar-refractivity contribution in [2.75, 3.05) is 11.2 Å². The van der Waals surface area contributed by atoms with Crippen LogP contribution in [0, 0.1) is 0 Å². The first-order valence-electron chi connectivity index (χ1n) is 5.90. The van der Waals surface area contributed by atoms with Crippen LogP contribution in [0.2, 0.25) is 0 Å². The molecule has 0 saturated carbocycles. The second kappa shape index (κ2) is 5.41. The monoisotopic (exact) mass is 255 g/mol. The smallest absolute Gasteiger partial charge is 0.146 e. The Kier molecular flexibility index (Phi) is 3.68. The minimum absolute atomic E-state index is 0.521. The van der Waals surface area contributed by atoms with Crippen molar-refractivity contribution in [3.8, 4) is 0 Å². The molecule has 0 aromatic carbocycles. The van der Waals surface area contributed by atoms with Crippen molar-refractivity contribution in [1.29, 1.82) is 0 Å². The Morgan fingerprint density at radius 3 is 2.95 bits per heavy atom. The number of hydrogen-bond acceptors (Lipinski definition) is 4. The molecule has 0 saturated heterocycles. The molecule has 0 aliphatic heterocycles. The van der Waals surface area contributed by atoms with Crippen LogP contribution >= 0.6 is 0 Å². The van der Waals surface area contributed by atoms with E-state index in [1.54, 1.807) is 12.3 Å². The van der Waals surface area contributed by atoms with Gasteiger partial charge in [0.25, 0.3) is 0 Å². The van der Waals surface area contributed by atoms with Crippen LogP contribution in [0.1, 0.15) is 6.92 Å². The molecule has 98 valence electrons. The molecule has 0 atom stereocenters. The first-order valence-corrected chi connectivity index (χ1v) is 5.90. The molecule has 0 unspecified atom stereocenters. The van der Waals surface area contributed by atoms with Crippen LogP contribution in [-0.2, 0) is 0 Å². The Morgan fingerprint density at radius 1 is 1.53 bits per heavy atom. The predicted octanol–water partition coefficient (Wildman–Crippen LogP) is 2.51. The fourth-order valence-corrected chi connectivity index (χ4v) is 1.98. The van der Waals surface area contributed by atoms with Gasteiger partial charge in [0.1, 0.15) is 5.65 Å². The zero-order valence-electron chi connectivity index (χ0n) is 10.8. The van der Waals surface area contributed by atoms with Crippen molar-refractivity contribution in [3.63, 3.8) is 0 Å². The molecule has 2 aromatic heterocycles. The number of nitrogens with one attached hydrogen (secondary N) is 1. The fourth-order valence-electron chi connectivity index (χ4n) is 1.98. The van der Waals surface area contributed by atoms with Gasteiger partial charge in [-0.3, -0.25) is 5.84 Å². The molecule has 5 N–H and O–H groups in total. The van der Waals surface area contributed by atoms with E-state index in [4.69, 9.17) is 11.6 Å². The van der Waals surface area contributed by atoms with Crippen LogP contribution in [0.4, 0.5) is 11.4 Å². The van der Waals surface area contributed by atoms with Gasteiger partial charge in [-0.1, -0.05) is 18.7 Å². The van der Waals surface area contributed by atoms with Crippen LogP contribution in [0.3, 0.4) is 0 Å². The third-order valence-corrected chi connectivity index (χ3v) is 2.79. The van der Waals surface area contributed by atoms with Crippen molar-refractivity contribution in [2.24, 2.45) is 5.84 Å². The van der Waals surface area contributed by atoms with Crippen molar-refractivity contribution >= 4 is 28.1 Å². The number of allylic oxidation sites excluding steroid dienone is 5.